The molecule has 0 aliphatic carbocycles. The lowest BCUT2D eigenvalue weighted by Gasteiger charge is -2.19. The molecule has 1 heterocycles. The molecule has 1 aliphatic rings. The molecule has 5 heteroatoms. The highest BCUT2D eigenvalue weighted by atomic mass is 16.5. The third kappa shape index (κ3) is 3.57. The molecule has 2 unspecified atom stereocenters. The number of carbonyl (C=O) groups is 2. The van der Waals surface area contributed by atoms with Crippen molar-refractivity contribution in [2.75, 3.05) is 6.61 Å². The van der Waals surface area contributed by atoms with E-state index < -0.39 is 12.0 Å². The number of hydrogen-bond acceptors (Lipinski definition) is 3. The van der Waals surface area contributed by atoms with Crippen molar-refractivity contribution in [3.8, 4) is 0 Å². The van der Waals surface area contributed by atoms with Gasteiger partial charge < -0.3 is 15.2 Å². The summed E-state index contributed by atoms with van der Waals surface area (Å²) < 4.78 is 5.34. The maximum Gasteiger partial charge on any atom is 0.326 e. The normalized spacial score (nSPS) is 23.2. The minimum absolute atomic E-state index is 0.152. The maximum atomic E-state index is 12.1. The fraction of sp³-hybridized carbons (Fsp3) is 0.467. The molecule has 1 amide bonds. The smallest absolute Gasteiger partial charge is 0.326 e. The van der Waals surface area contributed by atoms with Crippen molar-refractivity contribution >= 4 is 11.9 Å². The third-order valence-corrected chi connectivity index (χ3v) is 3.61. The van der Waals surface area contributed by atoms with Crippen LogP contribution in [0.1, 0.15) is 18.9 Å². The van der Waals surface area contributed by atoms with Gasteiger partial charge in [0.25, 0.3) is 0 Å². The molecule has 1 aromatic carbocycles. The molecule has 1 fully saturated rings. The Morgan fingerprint density at radius 2 is 2.10 bits per heavy atom. The highest BCUT2D eigenvalue weighted by molar-refractivity contribution is 5.85. The summed E-state index contributed by atoms with van der Waals surface area (Å²) in [4.78, 5) is 23.4. The molecule has 0 bridgehead atoms. The fourth-order valence-electron chi connectivity index (χ4n) is 2.40. The summed E-state index contributed by atoms with van der Waals surface area (Å²) in [5, 5.41) is 11.9. The van der Waals surface area contributed by atoms with E-state index in [4.69, 9.17) is 4.74 Å². The Hall–Kier alpha value is -1.88. The van der Waals surface area contributed by atoms with Crippen molar-refractivity contribution in [1.82, 2.24) is 5.32 Å². The van der Waals surface area contributed by atoms with Gasteiger partial charge in [-0.05, 0) is 18.9 Å². The average molecular weight is 277 g/mol. The number of rotatable bonds is 5. The summed E-state index contributed by atoms with van der Waals surface area (Å²) in [5.74, 6) is -1.51. The van der Waals surface area contributed by atoms with E-state index >= 15 is 0 Å². The predicted octanol–water partition coefficient (Wildman–Crippen LogP) is 1.22. The monoisotopic (exact) mass is 277 g/mol. The van der Waals surface area contributed by atoms with Crippen LogP contribution in [0.3, 0.4) is 0 Å². The zero-order chi connectivity index (χ0) is 14.5. The van der Waals surface area contributed by atoms with E-state index in [1.165, 1.54) is 0 Å². The van der Waals surface area contributed by atoms with E-state index in [0.29, 0.717) is 13.0 Å². The summed E-state index contributed by atoms with van der Waals surface area (Å²) in [7, 11) is 0. The van der Waals surface area contributed by atoms with Crippen LogP contribution in [0.4, 0.5) is 0 Å². The Morgan fingerprint density at radius 1 is 1.40 bits per heavy atom. The van der Waals surface area contributed by atoms with Crippen LogP contribution in [0.5, 0.6) is 0 Å². The van der Waals surface area contributed by atoms with Crippen molar-refractivity contribution in [2.45, 2.75) is 31.9 Å². The molecular formula is C15H19NO4. The van der Waals surface area contributed by atoms with E-state index in [-0.39, 0.29) is 24.3 Å². The number of ether oxygens (including phenoxy) is 1. The number of carbonyl (C=O) groups excluding carboxylic acids is 1. The Balaban J connectivity index is 1.99. The zero-order valence-electron chi connectivity index (χ0n) is 11.4. The minimum Gasteiger partial charge on any atom is -0.480 e. The minimum atomic E-state index is -1.02. The largest absolute Gasteiger partial charge is 0.480 e. The van der Waals surface area contributed by atoms with Gasteiger partial charge >= 0.3 is 5.97 Å². The number of carboxylic acids is 1. The van der Waals surface area contributed by atoms with E-state index in [1.807, 2.05) is 37.3 Å². The second kappa shape index (κ2) is 6.52. The molecule has 1 saturated heterocycles. The van der Waals surface area contributed by atoms with Crippen molar-refractivity contribution in [2.24, 2.45) is 5.92 Å². The molecule has 1 aromatic rings. The number of benzene rings is 1. The highest BCUT2D eigenvalue weighted by Gasteiger charge is 2.33. The quantitative estimate of drug-likeness (QED) is 0.848. The predicted molar refractivity (Wildman–Crippen MR) is 73.2 cm³/mol. The molecule has 108 valence electrons. The topological polar surface area (TPSA) is 75.6 Å². The van der Waals surface area contributed by atoms with Crippen LogP contribution in [0.2, 0.25) is 0 Å². The standard InChI is InChI=1S/C15H19NO4/c1-10-12(7-8-20-10)14(17)16-13(15(18)19)9-11-5-3-2-4-6-11/h2-6,10,12-13H,7-9H2,1H3,(H,16,17)(H,18,19)/t10?,12?,13-/m1/s1. The van der Waals surface area contributed by atoms with E-state index in [0.717, 1.165) is 5.56 Å². The number of hydrogen-bond donors (Lipinski definition) is 2. The molecule has 2 rings (SSSR count). The summed E-state index contributed by atoms with van der Waals surface area (Å²) in [6.07, 6.45) is 0.773. The van der Waals surface area contributed by atoms with Crippen LogP contribution in [-0.2, 0) is 20.7 Å². The molecular weight excluding hydrogens is 258 g/mol. The molecule has 3 atom stereocenters. The molecule has 20 heavy (non-hydrogen) atoms. The first kappa shape index (κ1) is 14.5. The summed E-state index contributed by atoms with van der Waals surface area (Å²) in [6, 6.07) is 8.37. The van der Waals surface area contributed by atoms with Gasteiger partial charge in [0.05, 0.1) is 12.0 Å². The lowest BCUT2D eigenvalue weighted by atomic mass is 10.00. The third-order valence-electron chi connectivity index (χ3n) is 3.61. The Bertz CT molecular complexity index is 474. The van der Waals surface area contributed by atoms with Gasteiger partial charge in [0, 0.05) is 13.0 Å². The molecule has 2 N–H and O–H groups in total. The molecule has 1 aliphatic heterocycles. The van der Waals surface area contributed by atoms with Gasteiger partial charge in [0.15, 0.2) is 0 Å². The second-order valence-electron chi connectivity index (χ2n) is 5.06. The first-order valence-corrected chi connectivity index (χ1v) is 6.76. The van der Waals surface area contributed by atoms with Crippen LogP contribution in [0.15, 0.2) is 30.3 Å². The van der Waals surface area contributed by atoms with E-state index in [9.17, 15) is 14.7 Å². The first-order chi connectivity index (χ1) is 9.58. The van der Waals surface area contributed by atoms with Crippen molar-refractivity contribution in [1.29, 1.82) is 0 Å². The van der Waals surface area contributed by atoms with E-state index in [2.05, 4.69) is 5.32 Å². The zero-order valence-corrected chi connectivity index (χ0v) is 11.4. The van der Waals surface area contributed by atoms with Gasteiger partial charge in [-0.2, -0.15) is 0 Å². The van der Waals surface area contributed by atoms with Crippen LogP contribution in [0, 0.1) is 5.92 Å². The molecule has 0 aromatic heterocycles. The lowest BCUT2D eigenvalue weighted by Crippen LogP contribution is -2.46. The summed E-state index contributed by atoms with van der Waals surface area (Å²) >= 11 is 0. The Labute approximate surface area is 117 Å². The number of carboxylic acid groups (broad SMARTS) is 1. The highest BCUT2D eigenvalue weighted by Crippen LogP contribution is 2.20. The van der Waals surface area contributed by atoms with Crippen molar-refractivity contribution in [3.63, 3.8) is 0 Å². The molecule has 5 nitrogen and oxygen atoms in total. The van der Waals surface area contributed by atoms with Crippen molar-refractivity contribution < 1.29 is 19.4 Å². The van der Waals surface area contributed by atoms with Crippen LogP contribution in [-0.4, -0.2) is 35.7 Å². The van der Waals surface area contributed by atoms with Gasteiger partial charge in [-0.15, -0.1) is 0 Å². The number of nitrogens with one attached hydrogen (secondary N) is 1. The second-order valence-corrected chi connectivity index (χ2v) is 5.06. The maximum absolute atomic E-state index is 12.1. The Kier molecular flexibility index (Phi) is 4.74. The van der Waals surface area contributed by atoms with E-state index in [1.54, 1.807) is 0 Å². The van der Waals surface area contributed by atoms with Crippen LogP contribution in [0.25, 0.3) is 0 Å². The molecule has 0 saturated carbocycles. The van der Waals surface area contributed by atoms with Gasteiger partial charge in [-0.1, -0.05) is 30.3 Å². The van der Waals surface area contributed by atoms with Crippen molar-refractivity contribution in [3.05, 3.63) is 35.9 Å². The van der Waals surface area contributed by atoms with Gasteiger partial charge in [0.2, 0.25) is 5.91 Å². The fourth-order valence-corrected chi connectivity index (χ4v) is 2.40. The van der Waals surface area contributed by atoms with Gasteiger partial charge in [0.1, 0.15) is 6.04 Å². The Morgan fingerprint density at radius 3 is 2.65 bits per heavy atom. The number of amides is 1. The summed E-state index contributed by atoms with van der Waals surface area (Å²) in [6.45, 7) is 2.39. The number of aliphatic carboxylic acids is 1. The summed E-state index contributed by atoms with van der Waals surface area (Å²) in [5.41, 5.74) is 0.885. The van der Waals surface area contributed by atoms with Gasteiger partial charge in [-0.25, -0.2) is 4.79 Å². The van der Waals surface area contributed by atoms with Crippen LogP contribution >= 0.6 is 0 Å². The first-order valence-electron chi connectivity index (χ1n) is 6.76. The van der Waals surface area contributed by atoms with Crippen LogP contribution < -0.4 is 5.32 Å². The lowest BCUT2D eigenvalue weighted by molar-refractivity contribution is -0.142. The van der Waals surface area contributed by atoms with Gasteiger partial charge in [-0.3, -0.25) is 4.79 Å². The molecule has 0 spiro atoms. The molecule has 0 radical (unpaired) electrons. The average Bonchev–Trinajstić information content (AvgIpc) is 2.85. The SMILES string of the molecule is CC1OCCC1C(=O)N[C@H](Cc1ccccc1)C(=O)O.